The molecule has 202 valence electrons. The highest BCUT2D eigenvalue weighted by Gasteiger charge is 2.56. The summed E-state index contributed by atoms with van der Waals surface area (Å²) in [6.07, 6.45) is 0. The van der Waals surface area contributed by atoms with Crippen LogP contribution in [0.4, 0.5) is 11.4 Å². The number of hydrogen-bond acceptors (Lipinski definition) is 7. The number of nitrogens with zero attached hydrogens (tertiary/aromatic N) is 1. The number of para-hydroxylation sites is 1. The third kappa shape index (κ3) is 4.89. The molecule has 2 aliphatic rings. The number of fused-ring (bicyclic) bond motifs is 2. The number of thiazole rings is 1. The van der Waals surface area contributed by atoms with Crippen LogP contribution in [0.5, 0.6) is 5.75 Å². The average Bonchev–Trinajstić information content (AvgIpc) is 3.44. The zero-order valence-corrected chi connectivity index (χ0v) is 24.3. The number of carbonyl (C=O) groups is 3. The average molecular weight is 637 g/mol. The van der Waals surface area contributed by atoms with E-state index < -0.39 is 17.1 Å². The number of amides is 3. The number of aromatic amines is 1. The van der Waals surface area contributed by atoms with Crippen molar-refractivity contribution in [3.63, 3.8) is 0 Å². The molecular weight excluding hydrogens is 614 g/mol. The minimum Gasteiger partial charge on any atom is -0.483 e. The third-order valence-electron chi connectivity index (χ3n) is 6.86. The fourth-order valence-corrected chi connectivity index (χ4v) is 7.81. The highest BCUT2D eigenvalue weighted by atomic mass is 79.9. The monoisotopic (exact) mass is 635 g/mol. The summed E-state index contributed by atoms with van der Waals surface area (Å²) in [6, 6.07) is 21.6. The summed E-state index contributed by atoms with van der Waals surface area (Å²) in [5.41, 5.74) is 2.86. The Morgan fingerprint density at radius 3 is 2.48 bits per heavy atom. The molecule has 0 spiro atoms. The number of ether oxygens (including phenoxy) is 1. The zero-order chi connectivity index (χ0) is 28.0. The van der Waals surface area contributed by atoms with Gasteiger partial charge in [-0.05, 0) is 49.4 Å². The Morgan fingerprint density at radius 1 is 1.00 bits per heavy atom. The molecule has 0 aliphatic carbocycles. The summed E-state index contributed by atoms with van der Waals surface area (Å²) < 4.78 is 6.82. The van der Waals surface area contributed by atoms with E-state index >= 15 is 0 Å². The highest BCUT2D eigenvalue weighted by Crippen LogP contribution is 2.54. The van der Waals surface area contributed by atoms with Crippen molar-refractivity contribution < 1.29 is 19.1 Å². The van der Waals surface area contributed by atoms with Crippen molar-refractivity contribution in [2.75, 3.05) is 16.8 Å². The first-order valence-corrected chi connectivity index (χ1v) is 14.9. The molecule has 3 heterocycles. The number of aromatic nitrogens is 1. The van der Waals surface area contributed by atoms with Crippen LogP contribution in [-0.4, -0.2) is 34.6 Å². The standard InChI is InChI=1S/C29H22BrN3O5S2/c1-15-6-10-17(11-7-15)31-21(34)14-38-20-5-3-2-4-19(20)22-23-25(39-26-24(22)40-29(37)32-26)28(36)33(27(23)35)18-12-8-16(30)9-13-18/h2-13,22-23,25H,14H2,1H3,(H,31,34)(H,32,37)/t22-,23-,25+/m0/s1. The first-order chi connectivity index (χ1) is 19.3. The summed E-state index contributed by atoms with van der Waals surface area (Å²) >= 11 is 5.63. The van der Waals surface area contributed by atoms with Gasteiger partial charge >= 0.3 is 4.87 Å². The second-order valence-corrected chi connectivity index (χ2v) is 12.6. The molecule has 0 saturated carbocycles. The van der Waals surface area contributed by atoms with Crippen LogP contribution < -0.4 is 19.8 Å². The summed E-state index contributed by atoms with van der Waals surface area (Å²) in [6.45, 7) is 1.71. The maximum Gasteiger partial charge on any atom is 0.305 e. The Morgan fingerprint density at radius 2 is 1.73 bits per heavy atom. The quantitative estimate of drug-likeness (QED) is 0.278. The number of anilines is 2. The van der Waals surface area contributed by atoms with Crippen LogP contribution in [0.3, 0.4) is 0 Å². The smallest absolute Gasteiger partial charge is 0.305 e. The van der Waals surface area contributed by atoms with Gasteiger partial charge in [0.15, 0.2) is 6.61 Å². The van der Waals surface area contributed by atoms with Gasteiger partial charge in [-0.1, -0.05) is 74.9 Å². The van der Waals surface area contributed by atoms with Gasteiger partial charge in [-0.3, -0.25) is 19.2 Å². The molecule has 11 heteroatoms. The number of carbonyl (C=O) groups excluding carboxylic acids is 3. The van der Waals surface area contributed by atoms with Gasteiger partial charge in [0.05, 0.1) is 16.6 Å². The van der Waals surface area contributed by atoms with Crippen LogP contribution in [-0.2, 0) is 14.4 Å². The normalized spacial score (nSPS) is 19.8. The van der Waals surface area contributed by atoms with Crippen molar-refractivity contribution in [1.29, 1.82) is 0 Å². The molecule has 0 bridgehead atoms. The molecule has 3 amide bonds. The van der Waals surface area contributed by atoms with E-state index in [2.05, 4.69) is 26.2 Å². The van der Waals surface area contributed by atoms with Gasteiger partial charge in [0, 0.05) is 26.5 Å². The van der Waals surface area contributed by atoms with Crippen LogP contribution >= 0.6 is 39.0 Å². The van der Waals surface area contributed by atoms with Gasteiger partial charge in [0.25, 0.3) is 5.91 Å². The van der Waals surface area contributed by atoms with Crippen molar-refractivity contribution in [1.82, 2.24) is 4.98 Å². The molecule has 1 aromatic heterocycles. The molecule has 3 aromatic carbocycles. The number of thioether (sulfide) groups is 1. The number of H-pyrrole nitrogens is 1. The van der Waals surface area contributed by atoms with Crippen molar-refractivity contribution >= 4 is 68.1 Å². The van der Waals surface area contributed by atoms with Gasteiger partial charge in [-0.15, -0.1) is 0 Å². The Hall–Kier alpha value is -3.67. The van der Waals surface area contributed by atoms with E-state index in [1.807, 2.05) is 43.3 Å². The maximum atomic E-state index is 13.9. The lowest BCUT2D eigenvalue weighted by molar-refractivity contribution is -0.122. The van der Waals surface area contributed by atoms with Gasteiger partial charge < -0.3 is 15.0 Å². The lowest BCUT2D eigenvalue weighted by atomic mass is 9.82. The van der Waals surface area contributed by atoms with Crippen LogP contribution in [0.15, 0.2) is 87.1 Å². The minimum atomic E-state index is -0.758. The number of benzene rings is 3. The maximum absolute atomic E-state index is 13.9. The number of imide groups is 1. The molecule has 40 heavy (non-hydrogen) atoms. The van der Waals surface area contributed by atoms with E-state index in [0.29, 0.717) is 32.6 Å². The number of halogens is 1. The Balaban J connectivity index is 1.33. The molecule has 0 unspecified atom stereocenters. The number of aryl methyl sites for hydroxylation is 1. The second-order valence-electron chi connectivity index (χ2n) is 9.48. The van der Waals surface area contributed by atoms with Gasteiger partial charge in [-0.25, -0.2) is 4.90 Å². The predicted molar refractivity (Wildman–Crippen MR) is 158 cm³/mol. The largest absolute Gasteiger partial charge is 0.483 e. The molecule has 3 atom stereocenters. The molecular formula is C29H22BrN3O5S2. The molecule has 1 fully saturated rings. The lowest BCUT2D eigenvalue weighted by Crippen LogP contribution is -2.32. The first kappa shape index (κ1) is 26.5. The van der Waals surface area contributed by atoms with Gasteiger partial charge in [0.1, 0.15) is 11.0 Å². The Kier molecular flexibility index (Phi) is 7.11. The lowest BCUT2D eigenvalue weighted by Gasteiger charge is -2.30. The third-order valence-corrected chi connectivity index (χ3v) is 9.79. The van der Waals surface area contributed by atoms with Crippen molar-refractivity contribution in [3.05, 3.63) is 103 Å². The summed E-state index contributed by atoms with van der Waals surface area (Å²) in [7, 11) is 0. The molecule has 2 aliphatic heterocycles. The molecule has 6 rings (SSSR count). The first-order valence-electron chi connectivity index (χ1n) is 12.4. The predicted octanol–water partition coefficient (Wildman–Crippen LogP) is 5.32. The molecule has 2 N–H and O–H groups in total. The van der Waals surface area contributed by atoms with Crippen LogP contribution in [0.25, 0.3) is 0 Å². The number of rotatable bonds is 6. The molecule has 8 nitrogen and oxygen atoms in total. The van der Waals surface area contributed by atoms with Gasteiger partial charge in [-0.2, -0.15) is 0 Å². The number of hydrogen-bond donors (Lipinski definition) is 2. The van der Waals surface area contributed by atoms with Crippen molar-refractivity contribution in [2.45, 2.75) is 23.1 Å². The fraction of sp³-hybridized carbons (Fsp3) is 0.172. The van der Waals surface area contributed by atoms with Crippen molar-refractivity contribution in [2.24, 2.45) is 5.92 Å². The van der Waals surface area contributed by atoms with Gasteiger partial charge in [0.2, 0.25) is 11.8 Å². The molecule has 0 radical (unpaired) electrons. The van der Waals surface area contributed by atoms with E-state index in [1.54, 1.807) is 36.4 Å². The molecule has 1 saturated heterocycles. The Labute approximate surface area is 245 Å². The van der Waals surface area contributed by atoms with E-state index in [9.17, 15) is 19.2 Å². The summed E-state index contributed by atoms with van der Waals surface area (Å²) in [4.78, 5) is 57.1. The van der Waals surface area contributed by atoms with Crippen LogP contribution in [0.1, 0.15) is 21.9 Å². The summed E-state index contributed by atoms with van der Waals surface area (Å²) in [5, 5.41) is 2.67. The van der Waals surface area contributed by atoms with E-state index in [-0.39, 0.29) is 29.2 Å². The van der Waals surface area contributed by atoms with E-state index in [0.717, 1.165) is 21.4 Å². The number of nitrogens with one attached hydrogen (secondary N) is 2. The SMILES string of the molecule is Cc1ccc(NC(=O)COc2ccccc2[C@@H]2c3sc(=O)[nH]c3S[C@H]3C(=O)N(c4ccc(Br)cc4)C(=O)[C@@H]23)cc1. The highest BCUT2D eigenvalue weighted by molar-refractivity contribution is 9.10. The molecule has 4 aromatic rings. The van der Waals surface area contributed by atoms with Crippen LogP contribution in [0, 0.1) is 12.8 Å². The van der Waals surface area contributed by atoms with Crippen LogP contribution in [0.2, 0.25) is 0 Å². The van der Waals surface area contributed by atoms with E-state index in [4.69, 9.17) is 4.74 Å². The minimum absolute atomic E-state index is 0.255. The van der Waals surface area contributed by atoms with Crippen molar-refractivity contribution in [3.8, 4) is 5.75 Å². The second kappa shape index (κ2) is 10.7. The zero-order valence-electron chi connectivity index (χ0n) is 21.1. The topological polar surface area (TPSA) is 109 Å². The van der Waals surface area contributed by atoms with E-state index in [1.165, 1.54) is 16.7 Å². The fourth-order valence-electron chi connectivity index (χ4n) is 5.04. The summed E-state index contributed by atoms with van der Waals surface area (Å²) in [5.74, 6) is -1.97. The Bertz CT molecular complexity index is 1680.